The van der Waals surface area contributed by atoms with Gasteiger partial charge in [0.05, 0.1) is 91.6 Å². The molecule has 20 heteroatoms. The normalized spacial score (nSPS) is 53.6. The zero-order valence-electron chi connectivity index (χ0n) is 46.7. The van der Waals surface area contributed by atoms with Crippen LogP contribution in [-0.4, -0.2) is 201 Å². The largest absolute Gasteiger partial charge is 0.479 e. The van der Waals surface area contributed by atoms with E-state index in [1.165, 1.54) is 14.2 Å². The van der Waals surface area contributed by atoms with Crippen LogP contribution < -0.4 is 0 Å². The first-order valence-corrected chi connectivity index (χ1v) is 27.5. The summed E-state index contributed by atoms with van der Waals surface area (Å²) >= 11 is 0. The summed E-state index contributed by atoms with van der Waals surface area (Å²) in [7, 11) is 8.01. The minimum absolute atomic E-state index is 0.00610. The van der Waals surface area contributed by atoms with Crippen molar-refractivity contribution >= 4 is 5.97 Å². The number of carboxylic acids is 1. The Labute approximate surface area is 438 Å². The van der Waals surface area contributed by atoms with Crippen LogP contribution in [0.15, 0.2) is 0 Å². The molecular formula is C54H92O20. The summed E-state index contributed by atoms with van der Waals surface area (Å²) in [5.41, 5.74) is -2.32. The van der Waals surface area contributed by atoms with Gasteiger partial charge in [-0.2, -0.15) is 0 Å². The van der Waals surface area contributed by atoms with Gasteiger partial charge in [-0.1, -0.05) is 34.6 Å². The van der Waals surface area contributed by atoms with Crippen LogP contribution in [0.25, 0.3) is 0 Å². The number of hydrogen-bond donors (Lipinski definition) is 4. The Morgan fingerprint density at radius 2 is 1.20 bits per heavy atom. The zero-order valence-corrected chi connectivity index (χ0v) is 46.7. The summed E-state index contributed by atoms with van der Waals surface area (Å²) in [6, 6.07) is 0. The number of aliphatic hydroxyl groups is 3. The van der Waals surface area contributed by atoms with Gasteiger partial charge in [-0.3, -0.25) is 0 Å². The van der Waals surface area contributed by atoms with E-state index in [-0.39, 0.29) is 73.0 Å². The molecule has 0 aromatic carbocycles. The van der Waals surface area contributed by atoms with E-state index in [0.717, 1.165) is 19.3 Å². The Bertz CT molecular complexity index is 1880. The maximum absolute atomic E-state index is 12.2. The molecule has 1 spiro atoms. The van der Waals surface area contributed by atoms with Crippen molar-refractivity contribution in [3.8, 4) is 0 Å². The lowest BCUT2D eigenvalue weighted by Gasteiger charge is -2.56. The van der Waals surface area contributed by atoms with Crippen molar-refractivity contribution in [1.29, 1.82) is 0 Å². The van der Waals surface area contributed by atoms with Crippen LogP contribution >= 0.6 is 0 Å². The Kier molecular flexibility index (Phi) is 18.1. The van der Waals surface area contributed by atoms with Gasteiger partial charge in [-0.15, -0.1) is 0 Å². The molecule has 8 rings (SSSR count). The molecule has 74 heavy (non-hydrogen) atoms. The standard InChI is InChI=1S/C54H92O20/c1-26-44(69-42-22-19-34(60-11)31(6)65-42)28(3)52(10,58)73-45(26)38-17-16-36(67-38)37-18-21-40(68-37)51(9)48(70-43-23-20-35(61-12)32(7)66-43)30(5)54(74-51)27(2)39(62-13)24-33(71-54)25-41-50(8,64-15)47(63-14)29(4)53(59,72-41)46(55)49(56)57/h26-48,55,58-59H,16-25H2,1-15H3,(H,56,57)/t26-,27+,28+,29-,30+,31+,32-,33-,34-,35+,36+,37-,38+,39-,40-,41-,42-,43-,44-,45+,46-,47+,48+,50-,51-,52-,53+,54-/m1/s1. The molecule has 20 nitrogen and oxygen atoms in total. The van der Waals surface area contributed by atoms with Gasteiger partial charge >= 0.3 is 5.97 Å². The van der Waals surface area contributed by atoms with E-state index in [9.17, 15) is 25.2 Å². The second kappa shape index (κ2) is 22.7. The lowest BCUT2D eigenvalue weighted by Crippen LogP contribution is -2.72. The summed E-state index contributed by atoms with van der Waals surface area (Å²) in [5.74, 6) is -9.21. The quantitative estimate of drug-likeness (QED) is 0.162. The molecule has 428 valence electrons. The Morgan fingerprint density at radius 3 is 1.77 bits per heavy atom. The van der Waals surface area contributed by atoms with E-state index in [1.807, 2.05) is 27.7 Å². The molecule has 8 saturated heterocycles. The summed E-state index contributed by atoms with van der Waals surface area (Å²) in [5, 5.41) is 44.4. The zero-order chi connectivity index (χ0) is 54.0. The second-order valence-corrected chi connectivity index (χ2v) is 23.7. The first kappa shape index (κ1) is 58.9. The summed E-state index contributed by atoms with van der Waals surface area (Å²) in [6.45, 7) is 19.3. The van der Waals surface area contributed by atoms with Gasteiger partial charge in [0.15, 0.2) is 24.2 Å². The van der Waals surface area contributed by atoms with E-state index in [4.69, 9.17) is 71.1 Å². The van der Waals surface area contributed by atoms with E-state index < -0.39 is 108 Å². The molecule has 0 unspecified atom stereocenters. The number of methoxy groups -OCH3 is 5. The van der Waals surface area contributed by atoms with Crippen molar-refractivity contribution in [3.63, 3.8) is 0 Å². The van der Waals surface area contributed by atoms with Crippen molar-refractivity contribution in [2.75, 3.05) is 35.5 Å². The van der Waals surface area contributed by atoms with E-state index in [1.54, 1.807) is 42.1 Å². The van der Waals surface area contributed by atoms with Gasteiger partial charge in [-0.05, 0) is 73.1 Å². The van der Waals surface area contributed by atoms with Crippen molar-refractivity contribution in [2.45, 2.75) is 272 Å². The minimum atomic E-state index is -2.53. The van der Waals surface area contributed by atoms with E-state index in [0.29, 0.717) is 38.5 Å². The van der Waals surface area contributed by atoms with Gasteiger partial charge in [0.1, 0.15) is 11.2 Å². The lowest BCUT2D eigenvalue weighted by molar-refractivity contribution is -0.389. The highest BCUT2D eigenvalue weighted by molar-refractivity contribution is 5.73. The first-order valence-electron chi connectivity index (χ1n) is 27.5. The molecule has 0 saturated carbocycles. The Morgan fingerprint density at radius 1 is 0.622 bits per heavy atom. The fraction of sp³-hybridized carbons (Fsp3) is 0.981. The fourth-order valence-corrected chi connectivity index (χ4v) is 14.6. The summed E-state index contributed by atoms with van der Waals surface area (Å²) < 4.78 is 98.1. The molecule has 4 N–H and O–H groups in total. The molecule has 8 aliphatic heterocycles. The summed E-state index contributed by atoms with van der Waals surface area (Å²) in [6.07, 6.45) is -3.33. The number of carboxylic acid groups (broad SMARTS) is 1. The van der Waals surface area contributed by atoms with Gasteiger partial charge in [-0.25, -0.2) is 4.79 Å². The number of ether oxygens (including phenoxy) is 15. The van der Waals surface area contributed by atoms with E-state index in [2.05, 4.69) is 20.8 Å². The second-order valence-electron chi connectivity index (χ2n) is 23.7. The molecule has 8 fully saturated rings. The average Bonchev–Trinajstić information content (AvgIpc) is 4.11. The monoisotopic (exact) mass is 1060 g/mol. The maximum Gasteiger partial charge on any atom is 0.338 e. The van der Waals surface area contributed by atoms with Gasteiger partial charge < -0.3 is 91.5 Å². The van der Waals surface area contributed by atoms with Crippen LogP contribution in [0.2, 0.25) is 0 Å². The third-order valence-corrected chi connectivity index (χ3v) is 19.5. The molecule has 0 amide bonds. The van der Waals surface area contributed by atoms with Crippen LogP contribution in [-0.2, 0) is 75.8 Å². The SMILES string of the molecule is CO[C@H]1CC[C@@H](O[C@H]2[C@H](C)[C@]3(O[C@@H](C[C@H]4O[C@](O)([C@H](O)C(=O)O)[C@H](C)[C@H](OC)[C@]4(C)OC)C[C@@H](OC)[C@@H]3C)O[C@]2(C)[C@H]2CC[C@H]([C@@H]3CC[C@@H]([C@H]4O[C@@](C)(O)[C@@H](C)[C@H](O[C@@H]5CC[C@@H](OC)[C@H](C)O5)[C@H]4C)O3)O2)O[C@@H]1C. The number of aliphatic hydroxyl groups excluding tert-OH is 1. The Hall–Kier alpha value is -1.25. The molecule has 8 aliphatic rings. The minimum Gasteiger partial charge on any atom is -0.479 e. The maximum atomic E-state index is 12.2. The molecule has 28 atom stereocenters. The van der Waals surface area contributed by atoms with Crippen LogP contribution in [0.1, 0.15) is 133 Å². The molecule has 0 aromatic heterocycles. The molecule has 8 heterocycles. The van der Waals surface area contributed by atoms with Crippen molar-refractivity contribution in [3.05, 3.63) is 0 Å². The number of carbonyl (C=O) groups is 1. The average molecular weight is 1060 g/mol. The fourth-order valence-electron chi connectivity index (χ4n) is 14.6. The predicted octanol–water partition coefficient (Wildman–Crippen LogP) is 4.85. The van der Waals surface area contributed by atoms with Crippen LogP contribution in [0.4, 0.5) is 0 Å². The molecule has 0 bridgehead atoms. The third kappa shape index (κ3) is 10.5. The summed E-state index contributed by atoms with van der Waals surface area (Å²) in [4.78, 5) is 12.2. The van der Waals surface area contributed by atoms with Crippen LogP contribution in [0.5, 0.6) is 0 Å². The highest BCUT2D eigenvalue weighted by Crippen LogP contribution is 2.58. The van der Waals surface area contributed by atoms with Crippen molar-refractivity contribution < 1.29 is 96.3 Å². The number of rotatable bonds is 16. The van der Waals surface area contributed by atoms with Crippen LogP contribution in [0.3, 0.4) is 0 Å². The van der Waals surface area contributed by atoms with Crippen LogP contribution in [0, 0.1) is 29.6 Å². The Balaban J connectivity index is 1.03. The molecule has 0 radical (unpaired) electrons. The highest BCUT2D eigenvalue weighted by atomic mass is 16.8. The number of aliphatic carboxylic acids is 1. The first-order chi connectivity index (χ1) is 34.9. The van der Waals surface area contributed by atoms with Gasteiger partial charge in [0, 0.05) is 90.8 Å². The topological polar surface area (TPSA) is 236 Å². The molecule has 0 aliphatic carbocycles. The predicted molar refractivity (Wildman–Crippen MR) is 262 cm³/mol. The molecule has 0 aromatic rings. The smallest absolute Gasteiger partial charge is 0.338 e. The van der Waals surface area contributed by atoms with Crippen molar-refractivity contribution in [1.82, 2.24) is 0 Å². The van der Waals surface area contributed by atoms with Gasteiger partial charge in [0.2, 0.25) is 11.9 Å². The number of hydrogen-bond acceptors (Lipinski definition) is 19. The highest BCUT2D eigenvalue weighted by Gasteiger charge is 2.70. The van der Waals surface area contributed by atoms with Gasteiger partial charge in [0.25, 0.3) is 0 Å². The third-order valence-electron chi connectivity index (χ3n) is 19.5. The van der Waals surface area contributed by atoms with Crippen molar-refractivity contribution in [2.24, 2.45) is 29.6 Å². The van der Waals surface area contributed by atoms with E-state index >= 15 is 0 Å². The lowest BCUT2D eigenvalue weighted by atomic mass is 9.73. The molecular weight excluding hydrogens is 969 g/mol.